The highest BCUT2D eigenvalue weighted by Crippen LogP contribution is 2.36. The summed E-state index contributed by atoms with van der Waals surface area (Å²) in [5, 5.41) is 4.71. The monoisotopic (exact) mass is 344 g/mol. The second kappa shape index (κ2) is 6.24. The largest absolute Gasteiger partial charge is 0.379 e. The summed E-state index contributed by atoms with van der Waals surface area (Å²) >= 11 is 13.7. The number of hydrogen-bond acceptors (Lipinski definition) is 5. The maximum absolute atomic E-state index is 6.35. The van der Waals surface area contributed by atoms with E-state index in [1.54, 1.807) is 6.07 Å². The molecule has 21 heavy (non-hydrogen) atoms. The van der Waals surface area contributed by atoms with Crippen molar-refractivity contribution in [3.63, 3.8) is 0 Å². The van der Waals surface area contributed by atoms with Crippen molar-refractivity contribution in [3.8, 4) is 0 Å². The van der Waals surface area contributed by atoms with Crippen LogP contribution >= 0.6 is 34.9 Å². The molecule has 3 rings (SSSR count). The van der Waals surface area contributed by atoms with E-state index in [-0.39, 0.29) is 0 Å². The molecule has 2 aromatic rings. The van der Waals surface area contributed by atoms with E-state index in [0.717, 1.165) is 41.5 Å². The summed E-state index contributed by atoms with van der Waals surface area (Å²) in [5.74, 6) is 0.648. The Kier molecular flexibility index (Phi) is 4.54. The number of hydrogen-bond donors (Lipinski definition) is 1. The molecule has 0 amide bonds. The average molecular weight is 345 g/mol. The Morgan fingerprint density at radius 1 is 1.24 bits per heavy atom. The lowest BCUT2D eigenvalue weighted by Gasteiger charge is -2.33. The Morgan fingerprint density at radius 2 is 1.90 bits per heavy atom. The van der Waals surface area contributed by atoms with Crippen LogP contribution in [0.1, 0.15) is 19.8 Å². The van der Waals surface area contributed by atoms with Crippen LogP contribution in [0.2, 0.25) is 10.0 Å². The summed E-state index contributed by atoms with van der Waals surface area (Å²) < 4.78 is 8.58. The first-order valence-corrected chi connectivity index (χ1v) is 8.60. The predicted molar refractivity (Wildman–Crippen MR) is 90.7 cm³/mol. The fourth-order valence-electron chi connectivity index (χ4n) is 2.89. The van der Waals surface area contributed by atoms with Crippen molar-refractivity contribution in [1.29, 1.82) is 0 Å². The Morgan fingerprint density at radius 3 is 2.62 bits per heavy atom. The zero-order valence-electron chi connectivity index (χ0n) is 12.1. The molecule has 1 saturated heterocycles. The number of rotatable bonds is 3. The van der Waals surface area contributed by atoms with Crippen LogP contribution in [0, 0.1) is 5.92 Å². The molecule has 0 radical (unpaired) electrons. The molecular formula is C14H18Cl2N4S. The van der Waals surface area contributed by atoms with Gasteiger partial charge in [0.05, 0.1) is 27.5 Å². The quantitative estimate of drug-likeness (QED) is 0.908. The lowest BCUT2D eigenvalue weighted by Crippen LogP contribution is -2.37. The summed E-state index contributed by atoms with van der Waals surface area (Å²) in [6, 6.07) is 2.10. The van der Waals surface area contributed by atoms with Crippen LogP contribution in [-0.4, -0.2) is 39.8 Å². The normalized spacial score (nSPS) is 19.0. The lowest BCUT2D eigenvalue weighted by atomic mass is 9.90. The minimum absolute atomic E-state index is 0.349. The summed E-state index contributed by atoms with van der Waals surface area (Å²) in [6.45, 7) is 4.52. The van der Waals surface area contributed by atoms with E-state index in [2.05, 4.69) is 32.9 Å². The third kappa shape index (κ3) is 3.11. The first kappa shape index (κ1) is 15.3. The number of aromatic nitrogens is 2. The number of halogens is 2. The van der Waals surface area contributed by atoms with Gasteiger partial charge in [-0.25, -0.2) is 0 Å². The lowest BCUT2D eigenvalue weighted by molar-refractivity contribution is 0.208. The number of fused-ring (bicyclic) bond motifs is 1. The van der Waals surface area contributed by atoms with Crippen LogP contribution < -0.4 is 5.32 Å². The van der Waals surface area contributed by atoms with Gasteiger partial charge in [0.25, 0.3) is 0 Å². The van der Waals surface area contributed by atoms with E-state index in [4.69, 9.17) is 23.2 Å². The maximum Gasteiger partial charge on any atom is 0.130 e. The van der Waals surface area contributed by atoms with Gasteiger partial charge in [0.2, 0.25) is 0 Å². The van der Waals surface area contributed by atoms with Crippen molar-refractivity contribution in [3.05, 3.63) is 16.1 Å². The van der Waals surface area contributed by atoms with Crippen molar-refractivity contribution < 1.29 is 0 Å². The standard InChI is InChI=1S/C14H18Cl2N4S/c1-8(9-3-5-20(2)6-4-9)17-12-10(15)7-11(16)13-14(12)19-21-18-13/h7-9,17H,3-6H2,1-2H3. The molecular weight excluding hydrogens is 327 g/mol. The molecule has 0 aliphatic carbocycles. The Labute approximate surface area is 138 Å². The molecule has 114 valence electrons. The van der Waals surface area contributed by atoms with E-state index >= 15 is 0 Å². The molecule has 1 N–H and O–H groups in total. The summed E-state index contributed by atoms with van der Waals surface area (Å²) in [7, 11) is 2.18. The van der Waals surface area contributed by atoms with Crippen molar-refractivity contribution in [2.24, 2.45) is 5.92 Å². The van der Waals surface area contributed by atoms with E-state index < -0.39 is 0 Å². The topological polar surface area (TPSA) is 41.1 Å². The van der Waals surface area contributed by atoms with Gasteiger partial charge in [-0.1, -0.05) is 23.2 Å². The summed E-state index contributed by atoms with van der Waals surface area (Å²) in [5.41, 5.74) is 2.36. The fraction of sp³-hybridized carbons (Fsp3) is 0.571. The molecule has 0 bridgehead atoms. The second-order valence-corrected chi connectivity index (χ2v) is 7.09. The van der Waals surface area contributed by atoms with Crippen LogP contribution in [0.15, 0.2) is 6.07 Å². The van der Waals surface area contributed by atoms with E-state index in [9.17, 15) is 0 Å². The number of nitrogens with one attached hydrogen (secondary N) is 1. The molecule has 7 heteroatoms. The second-order valence-electron chi connectivity index (χ2n) is 5.75. The van der Waals surface area contributed by atoms with Gasteiger partial charge in [-0.2, -0.15) is 8.75 Å². The van der Waals surface area contributed by atoms with Crippen molar-refractivity contribution in [2.75, 3.05) is 25.5 Å². The smallest absolute Gasteiger partial charge is 0.130 e. The first-order chi connectivity index (χ1) is 10.1. The number of benzene rings is 1. The number of likely N-dealkylation sites (tertiary alicyclic amines) is 1. The molecule has 4 nitrogen and oxygen atoms in total. The van der Waals surface area contributed by atoms with Crippen LogP contribution in [0.3, 0.4) is 0 Å². The van der Waals surface area contributed by atoms with Gasteiger partial charge in [0.15, 0.2) is 0 Å². The SMILES string of the molecule is CC(Nc1c(Cl)cc(Cl)c2nsnc12)C1CCN(C)CC1. The molecule has 0 saturated carbocycles. The highest BCUT2D eigenvalue weighted by molar-refractivity contribution is 7.00. The van der Waals surface area contributed by atoms with Gasteiger partial charge >= 0.3 is 0 Å². The molecule has 1 aliphatic heterocycles. The molecule has 1 aromatic carbocycles. The zero-order valence-corrected chi connectivity index (χ0v) is 14.4. The van der Waals surface area contributed by atoms with Crippen LogP contribution in [-0.2, 0) is 0 Å². The molecule has 1 aliphatic rings. The van der Waals surface area contributed by atoms with Gasteiger partial charge in [0.1, 0.15) is 11.0 Å². The van der Waals surface area contributed by atoms with Gasteiger partial charge < -0.3 is 10.2 Å². The highest BCUT2D eigenvalue weighted by atomic mass is 35.5. The number of anilines is 1. The summed E-state index contributed by atoms with van der Waals surface area (Å²) in [4.78, 5) is 2.38. The maximum atomic E-state index is 6.35. The van der Waals surface area contributed by atoms with E-state index in [1.807, 2.05) is 0 Å². The Hall–Kier alpha value is -0.620. The molecule has 1 atom stereocenters. The third-order valence-electron chi connectivity index (χ3n) is 4.29. The van der Waals surface area contributed by atoms with Gasteiger partial charge in [-0.3, -0.25) is 0 Å². The van der Waals surface area contributed by atoms with Crippen molar-refractivity contribution in [1.82, 2.24) is 13.6 Å². The van der Waals surface area contributed by atoms with E-state index in [1.165, 1.54) is 12.8 Å². The summed E-state index contributed by atoms with van der Waals surface area (Å²) in [6.07, 6.45) is 2.41. The molecule has 1 unspecified atom stereocenters. The Bertz CT molecular complexity index is 637. The van der Waals surface area contributed by atoms with Gasteiger partial charge in [0, 0.05) is 6.04 Å². The highest BCUT2D eigenvalue weighted by Gasteiger charge is 2.24. The van der Waals surface area contributed by atoms with Gasteiger partial charge in [-0.15, -0.1) is 0 Å². The first-order valence-electron chi connectivity index (χ1n) is 7.11. The predicted octanol–water partition coefficient (Wildman–Crippen LogP) is 4.14. The Balaban J connectivity index is 1.83. The molecule has 1 fully saturated rings. The fourth-order valence-corrected chi connectivity index (χ4v) is 4.05. The van der Waals surface area contributed by atoms with Crippen LogP contribution in [0.25, 0.3) is 11.0 Å². The van der Waals surface area contributed by atoms with E-state index in [0.29, 0.717) is 22.0 Å². The van der Waals surface area contributed by atoms with Crippen molar-refractivity contribution >= 4 is 51.7 Å². The zero-order chi connectivity index (χ0) is 15.0. The number of piperidine rings is 1. The van der Waals surface area contributed by atoms with Crippen LogP contribution in [0.4, 0.5) is 5.69 Å². The van der Waals surface area contributed by atoms with Gasteiger partial charge in [-0.05, 0) is 51.9 Å². The average Bonchev–Trinajstić information content (AvgIpc) is 2.93. The van der Waals surface area contributed by atoms with Crippen LogP contribution in [0.5, 0.6) is 0 Å². The minimum Gasteiger partial charge on any atom is -0.379 e. The molecule has 1 aromatic heterocycles. The minimum atomic E-state index is 0.349. The number of nitrogens with zero attached hydrogens (tertiary/aromatic N) is 3. The molecule has 0 spiro atoms. The molecule has 2 heterocycles. The third-order valence-corrected chi connectivity index (χ3v) is 5.40. The van der Waals surface area contributed by atoms with Crippen molar-refractivity contribution in [2.45, 2.75) is 25.8 Å².